The van der Waals surface area contributed by atoms with Gasteiger partial charge in [0.15, 0.2) is 0 Å². The zero-order chi connectivity index (χ0) is 14.0. The zero-order valence-electron chi connectivity index (χ0n) is 12.3. The number of halogens is 1. The smallest absolute Gasteiger partial charge is 0.0424 e. The van der Waals surface area contributed by atoms with Crippen LogP contribution in [0.25, 0.3) is 0 Å². The second kappa shape index (κ2) is 6.25. The molecule has 0 aliphatic carbocycles. The van der Waals surface area contributed by atoms with Crippen LogP contribution in [0.4, 0.5) is 5.69 Å². The first-order chi connectivity index (χ1) is 9.02. The van der Waals surface area contributed by atoms with Crippen molar-refractivity contribution in [1.29, 1.82) is 0 Å². The van der Waals surface area contributed by atoms with E-state index in [4.69, 9.17) is 0 Å². The molecule has 1 aromatic carbocycles. The molecule has 1 aromatic rings. The molecule has 1 heterocycles. The summed E-state index contributed by atoms with van der Waals surface area (Å²) in [6.07, 6.45) is 0. The lowest BCUT2D eigenvalue weighted by Crippen LogP contribution is -2.55. The van der Waals surface area contributed by atoms with Crippen molar-refractivity contribution in [3.05, 3.63) is 28.2 Å². The monoisotopic (exact) mass is 325 g/mol. The first-order valence-electron chi connectivity index (χ1n) is 6.92. The molecule has 1 aliphatic heterocycles. The molecule has 19 heavy (non-hydrogen) atoms. The van der Waals surface area contributed by atoms with Crippen LogP contribution in [-0.4, -0.2) is 44.2 Å². The lowest BCUT2D eigenvalue weighted by atomic mass is 10.1. The summed E-state index contributed by atoms with van der Waals surface area (Å²) in [5.74, 6) is 0. The highest BCUT2D eigenvalue weighted by atomic mass is 79.9. The summed E-state index contributed by atoms with van der Waals surface area (Å²) in [7, 11) is 4.23. The van der Waals surface area contributed by atoms with Gasteiger partial charge in [0.25, 0.3) is 0 Å². The molecule has 2 atom stereocenters. The highest BCUT2D eigenvalue weighted by molar-refractivity contribution is 9.10. The van der Waals surface area contributed by atoms with E-state index in [1.54, 1.807) is 0 Å². The fourth-order valence-electron chi connectivity index (χ4n) is 2.77. The maximum absolute atomic E-state index is 3.60. The van der Waals surface area contributed by atoms with E-state index in [0.29, 0.717) is 12.1 Å². The van der Waals surface area contributed by atoms with Crippen molar-refractivity contribution in [3.63, 3.8) is 0 Å². The third-order valence-corrected chi connectivity index (χ3v) is 4.61. The molecule has 0 amide bonds. The Morgan fingerprint density at radius 2 is 1.89 bits per heavy atom. The molecule has 1 N–H and O–H groups in total. The van der Waals surface area contributed by atoms with Crippen molar-refractivity contribution >= 4 is 21.6 Å². The van der Waals surface area contributed by atoms with Gasteiger partial charge in [-0.05, 0) is 45.6 Å². The predicted octanol–water partition coefficient (Wildman–Crippen LogP) is 2.70. The average molecular weight is 326 g/mol. The summed E-state index contributed by atoms with van der Waals surface area (Å²) in [6.45, 7) is 7.70. The first-order valence-corrected chi connectivity index (χ1v) is 7.72. The Balaban J connectivity index is 2.27. The van der Waals surface area contributed by atoms with E-state index in [0.717, 1.165) is 24.1 Å². The molecular formula is C15H24BrN3. The number of benzene rings is 1. The van der Waals surface area contributed by atoms with E-state index >= 15 is 0 Å². The molecule has 3 nitrogen and oxygen atoms in total. The molecule has 0 bridgehead atoms. The first kappa shape index (κ1) is 14.8. The molecule has 2 rings (SSSR count). The number of nitrogens with zero attached hydrogens (tertiary/aromatic N) is 2. The minimum atomic E-state index is 0.588. The van der Waals surface area contributed by atoms with E-state index < -0.39 is 0 Å². The summed E-state index contributed by atoms with van der Waals surface area (Å²) in [4.78, 5) is 4.99. The number of rotatable bonds is 3. The molecule has 0 aromatic heterocycles. The van der Waals surface area contributed by atoms with Crippen LogP contribution in [0.2, 0.25) is 0 Å². The maximum Gasteiger partial charge on any atom is 0.0424 e. The molecule has 1 aliphatic rings. The van der Waals surface area contributed by atoms with E-state index in [2.05, 4.69) is 70.1 Å². The molecule has 0 saturated carbocycles. The molecular weight excluding hydrogens is 302 g/mol. The predicted molar refractivity (Wildman–Crippen MR) is 85.8 cm³/mol. The van der Waals surface area contributed by atoms with Crippen molar-refractivity contribution in [2.45, 2.75) is 32.5 Å². The highest BCUT2D eigenvalue weighted by Crippen LogP contribution is 2.28. The SMILES string of the molecule is CNCc1ccc(Br)cc1N1CC(C)N(C)C(C)C1. The van der Waals surface area contributed by atoms with Gasteiger partial charge in [0.05, 0.1) is 0 Å². The van der Waals surface area contributed by atoms with Gasteiger partial charge in [0.1, 0.15) is 0 Å². The Morgan fingerprint density at radius 1 is 1.26 bits per heavy atom. The fourth-order valence-corrected chi connectivity index (χ4v) is 3.12. The second-order valence-corrected chi connectivity index (χ2v) is 6.49. The van der Waals surface area contributed by atoms with Crippen LogP contribution < -0.4 is 10.2 Å². The summed E-state index contributed by atoms with van der Waals surface area (Å²) in [5, 5.41) is 3.26. The Labute approximate surface area is 125 Å². The quantitative estimate of drug-likeness (QED) is 0.921. The average Bonchev–Trinajstić information content (AvgIpc) is 2.37. The van der Waals surface area contributed by atoms with Crippen LogP contribution in [0.15, 0.2) is 22.7 Å². The van der Waals surface area contributed by atoms with Crippen molar-refractivity contribution in [1.82, 2.24) is 10.2 Å². The highest BCUT2D eigenvalue weighted by Gasteiger charge is 2.27. The third kappa shape index (κ3) is 3.30. The Bertz CT molecular complexity index is 423. The van der Waals surface area contributed by atoms with Gasteiger partial charge in [-0.25, -0.2) is 0 Å². The molecule has 1 fully saturated rings. The minimum absolute atomic E-state index is 0.588. The third-order valence-electron chi connectivity index (χ3n) is 4.11. The molecule has 0 radical (unpaired) electrons. The van der Waals surface area contributed by atoms with Crippen LogP contribution in [0, 0.1) is 0 Å². The Kier molecular flexibility index (Phi) is 4.87. The molecule has 2 unspecified atom stereocenters. The van der Waals surface area contributed by atoms with Gasteiger partial charge in [-0.3, -0.25) is 4.90 Å². The van der Waals surface area contributed by atoms with Crippen LogP contribution in [-0.2, 0) is 6.54 Å². The van der Waals surface area contributed by atoms with Gasteiger partial charge in [-0.15, -0.1) is 0 Å². The van der Waals surface area contributed by atoms with E-state index in [1.165, 1.54) is 11.3 Å². The number of hydrogen-bond donors (Lipinski definition) is 1. The van der Waals surface area contributed by atoms with Crippen LogP contribution in [0.5, 0.6) is 0 Å². The topological polar surface area (TPSA) is 18.5 Å². The van der Waals surface area contributed by atoms with Gasteiger partial charge in [0.2, 0.25) is 0 Å². The molecule has 1 saturated heterocycles. The van der Waals surface area contributed by atoms with Crippen molar-refractivity contribution in [2.24, 2.45) is 0 Å². The van der Waals surface area contributed by atoms with Crippen LogP contribution in [0.3, 0.4) is 0 Å². The molecule has 106 valence electrons. The summed E-state index contributed by atoms with van der Waals surface area (Å²) >= 11 is 3.60. The summed E-state index contributed by atoms with van der Waals surface area (Å²) in [6, 6.07) is 7.76. The van der Waals surface area contributed by atoms with Crippen LogP contribution >= 0.6 is 15.9 Å². The number of piperazine rings is 1. The van der Waals surface area contributed by atoms with Crippen molar-refractivity contribution in [2.75, 3.05) is 32.1 Å². The zero-order valence-corrected chi connectivity index (χ0v) is 13.9. The summed E-state index contributed by atoms with van der Waals surface area (Å²) in [5.41, 5.74) is 2.73. The molecule has 0 spiro atoms. The Hall–Kier alpha value is -0.580. The molecule has 4 heteroatoms. The largest absolute Gasteiger partial charge is 0.368 e. The minimum Gasteiger partial charge on any atom is -0.368 e. The normalized spacial score (nSPS) is 24.8. The lowest BCUT2D eigenvalue weighted by molar-refractivity contribution is 0.170. The van der Waals surface area contributed by atoms with Crippen molar-refractivity contribution in [3.8, 4) is 0 Å². The standard InChI is InChI=1S/C15H24BrN3/c1-11-9-19(10-12(2)18(11)4)15-7-14(16)6-5-13(15)8-17-3/h5-7,11-12,17H,8-10H2,1-4H3. The number of hydrogen-bond acceptors (Lipinski definition) is 3. The Morgan fingerprint density at radius 3 is 2.47 bits per heavy atom. The van der Waals surface area contributed by atoms with Gasteiger partial charge in [0, 0.05) is 41.9 Å². The van der Waals surface area contributed by atoms with Gasteiger partial charge in [-0.2, -0.15) is 0 Å². The number of nitrogens with one attached hydrogen (secondary N) is 1. The van der Waals surface area contributed by atoms with Crippen LogP contribution in [0.1, 0.15) is 19.4 Å². The van der Waals surface area contributed by atoms with Gasteiger partial charge in [-0.1, -0.05) is 22.0 Å². The van der Waals surface area contributed by atoms with Gasteiger partial charge < -0.3 is 10.2 Å². The summed E-state index contributed by atoms with van der Waals surface area (Å²) < 4.78 is 1.15. The van der Waals surface area contributed by atoms with E-state index in [-0.39, 0.29) is 0 Å². The van der Waals surface area contributed by atoms with E-state index in [1.807, 2.05) is 7.05 Å². The fraction of sp³-hybridized carbons (Fsp3) is 0.600. The van der Waals surface area contributed by atoms with Gasteiger partial charge >= 0.3 is 0 Å². The number of likely N-dealkylation sites (N-methyl/N-ethyl adjacent to an activating group) is 1. The second-order valence-electron chi connectivity index (χ2n) is 5.57. The lowest BCUT2D eigenvalue weighted by Gasteiger charge is -2.44. The van der Waals surface area contributed by atoms with E-state index in [9.17, 15) is 0 Å². The number of anilines is 1. The van der Waals surface area contributed by atoms with Crippen molar-refractivity contribution < 1.29 is 0 Å². The maximum atomic E-state index is 3.60.